The molecule has 1 fully saturated rings. The van der Waals surface area contributed by atoms with Crippen molar-refractivity contribution in [3.63, 3.8) is 0 Å². The van der Waals surface area contributed by atoms with Gasteiger partial charge in [0.25, 0.3) is 0 Å². The molecule has 0 spiro atoms. The van der Waals surface area contributed by atoms with Gasteiger partial charge in [-0.15, -0.1) is 0 Å². The van der Waals surface area contributed by atoms with Gasteiger partial charge in [-0.05, 0) is 43.0 Å². The maximum absolute atomic E-state index is 10.6. The Hall–Kier alpha value is -0.870. The predicted octanol–water partition coefficient (Wildman–Crippen LogP) is 2.96. The largest absolute Gasteiger partial charge is 0.481 e. The zero-order valence-corrected chi connectivity index (χ0v) is 11.1. The normalized spacial score (nSPS) is 24.5. The Kier molecular flexibility index (Phi) is 4.18. The maximum atomic E-state index is 10.6. The first-order valence-electron chi connectivity index (χ1n) is 5.86. The van der Waals surface area contributed by atoms with Crippen molar-refractivity contribution >= 4 is 21.9 Å². The highest BCUT2D eigenvalue weighted by atomic mass is 79.9. The molecule has 1 aliphatic rings. The number of carbonyl (C=O) groups is 1. The molecular formula is C13H16BrNO2. The highest BCUT2D eigenvalue weighted by Crippen LogP contribution is 2.28. The minimum Gasteiger partial charge on any atom is -0.481 e. The summed E-state index contributed by atoms with van der Waals surface area (Å²) in [4.78, 5) is 10.6. The molecule has 1 saturated heterocycles. The minimum atomic E-state index is -0.697. The smallest absolute Gasteiger partial charge is 0.303 e. The first-order valence-corrected chi connectivity index (χ1v) is 6.65. The fraction of sp³-hybridized carbons (Fsp3) is 0.462. The van der Waals surface area contributed by atoms with Gasteiger partial charge >= 0.3 is 5.97 Å². The third-order valence-electron chi connectivity index (χ3n) is 3.23. The van der Waals surface area contributed by atoms with E-state index in [1.807, 2.05) is 12.1 Å². The Bertz CT molecular complexity index is 400. The van der Waals surface area contributed by atoms with E-state index in [9.17, 15) is 4.79 Å². The molecule has 2 unspecified atom stereocenters. The van der Waals surface area contributed by atoms with Crippen molar-refractivity contribution in [1.29, 1.82) is 0 Å². The fourth-order valence-electron chi connectivity index (χ4n) is 2.34. The first kappa shape index (κ1) is 12.6. The summed E-state index contributed by atoms with van der Waals surface area (Å²) >= 11 is 3.47. The molecule has 17 heavy (non-hydrogen) atoms. The van der Waals surface area contributed by atoms with Gasteiger partial charge in [0.2, 0.25) is 0 Å². The monoisotopic (exact) mass is 297 g/mol. The van der Waals surface area contributed by atoms with Crippen LogP contribution in [0.3, 0.4) is 0 Å². The molecule has 4 heteroatoms. The van der Waals surface area contributed by atoms with Crippen LogP contribution in [-0.4, -0.2) is 17.6 Å². The van der Waals surface area contributed by atoms with Gasteiger partial charge in [-0.2, -0.15) is 0 Å². The molecule has 92 valence electrons. The Labute approximate surface area is 109 Å². The van der Waals surface area contributed by atoms with Crippen molar-refractivity contribution in [2.24, 2.45) is 5.92 Å². The van der Waals surface area contributed by atoms with Gasteiger partial charge in [0.05, 0.1) is 0 Å². The summed E-state index contributed by atoms with van der Waals surface area (Å²) in [7, 11) is 0. The quantitative estimate of drug-likeness (QED) is 0.902. The van der Waals surface area contributed by atoms with Crippen LogP contribution in [0.4, 0.5) is 0 Å². The summed E-state index contributed by atoms with van der Waals surface area (Å²) in [5, 5.41) is 12.2. The molecule has 0 radical (unpaired) electrons. The third kappa shape index (κ3) is 3.54. The van der Waals surface area contributed by atoms with Crippen LogP contribution in [0.1, 0.15) is 30.9 Å². The number of hydrogen-bond acceptors (Lipinski definition) is 2. The molecule has 2 N–H and O–H groups in total. The number of aliphatic carboxylic acids is 1. The lowest BCUT2D eigenvalue weighted by molar-refractivity contribution is -0.138. The van der Waals surface area contributed by atoms with E-state index in [-0.39, 0.29) is 12.3 Å². The molecule has 0 aliphatic carbocycles. The third-order valence-corrected chi connectivity index (χ3v) is 3.72. The van der Waals surface area contributed by atoms with E-state index in [1.54, 1.807) is 0 Å². The van der Waals surface area contributed by atoms with Crippen molar-refractivity contribution < 1.29 is 9.90 Å². The molecule has 0 aromatic heterocycles. The van der Waals surface area contributed by atoms with Gasteiger partial charge in [0, 0.05) is 16.9 Å². The fourth-order valence-corrected chi connectivity index (χ4v) is 2.76. The number of carboxylic acid groups (broad SMARTS) is 1. The molecule has 0 bridgehead atoms. The molecule has 1 heterocycles. The van der Waals surface area contributed by atoms with Crippen molar-refractivity contribution in [2.75, 3.05) is 6.54 Å². The molecule has 0 saturated carbocycles. The summed E-state index contributed by atoms with van der Waals surface area (Å²) in [6, 6.07) is 8.64. The Morgan fingerprint density at radius 3 is 2.88 bits per heavy atom. The van der Waals surface area contributed by atoms with Crippen LogP contribution < -0.4 is 5.32 Å². The topological polar surface area (TPSA) is 49.3 Å². The second-order valence-corrected chi connectivity index (χ2v) is 5.47. The molecule has 2 atom stereocenters. The summed E-state index contributed by atoms with van der Waals surface area (Å²) < 4.78 is 1.09. The maximum Gasteiger partial charge on any atom is 0.303 e. The zero-order valence-electron chi connectivity index (χ0n) is 9.53. The van der Waals surface area contributed by atoms with Crippen LogP contribution in [0, 0.1) is 5.92 Å². The van der Waals surface area contributed by atoms with Crippen LogP contribution in [0.25, 0.3) is 0 Å². The van der Waals surface area contributed by atoms with E-state index in [1.165, 1.54) is 5.56 Å². The number of nitrogens with one attached hydrogen (secondary N) is 1. The lowest BCUT2D eigenvalue weighted by Crippen LogP contribution is -2.34. The molecule has 1 aromatic rings. The average Bonchev–Trinajstić information content (AvgIpc) is 2.29. The summed E-state index contributed by atoms with van der Waals surface area (Å²) in [5.41, 5.74) is 1.27. The highest BCUT2D eigenvalue weighted by Gasteiger charge is 2.23. The standard InChI is InChI=1S/C13H16BrNO2/c14-11-3-1-2-10(7-11)12-5-4-9(8-15-12)6-13(16)17/h1-3,7,9,12,15H,4-6,8H2,(H,16,17). The van der Waals surface area contributed by atoms with Gasteiger partial charge < -0.3 is 10.4 Å². The van der Waals surface area contributed by atoms with E-state index in [4.69, 9.17) is 5.11 Å². The van der Waals surface area contributed by atoms with Crippen molar-refractivity contribution in [3.05, 3.63) is 34.3 Å². The molecule has 0 amide bonds. The van der Waals surface area contributed by atoms with Crippen molar-refractivity contribution in [3.8, 4) is 0 Å². The van der Waals surface area contributed by atoms with Gasteiger partial charge in [-0.3, -0.25) is 4.79 Å². The number of rotatable bonds is 3. The zero-order chi connectivity index (χ0) is 12.3. The number of hydrogen-bond donors (Lipinski definition) is 2. The van der Waals surface area contributed by atoms with Crippen LogP contribution in [-0.2, 0) is 4.79 Å². The van der Waals surface area contributed by atoms with E-state index < -0.39 is 5.97 Å². The Morgan fingerprint density at radius 1 is 1.47 bits per heavy atom. The number of piperidine rings is 1. The lowest BCUT2D eigenvalue weighted by Gasteiger charge is -2.29. The second kappa shape index (κ2) is 5.65. The summed E-state index contributed by atoms with van der Waals surface area (Å²) in [6.45, 7) is 0.795. The van der Waals surface area contributed by atoms with Crippen LogP contribution in [0.5, 0.6) is 0 Å². The van der Waals surface area contributed by atoms with Crippen molar-refractivity contribution in [2.45, 2.75) is 25.3 Å². The Morgan fingerprint density at radius 2 is 2.29 bits per heavy atom. The van der Waals surface area contributed by atoms with Crippen LogP contribution in [0.15, 0.2) is 28.7 Å². The highest BCUT2D eigenvalue weighted by molar-refractivity contribution is 9.10. The summed E-state index contributed by atoms with van der Waals surface area (Å²) in [5.74, 6) is -0.423. The predicted molar refractivity (Wildman–Crippen MR) is 69.9 cm³/mol. The Balaban J connectivity index is 1.93. The summed E-state index contributed by atoms with van der Waals surface area (Å²) in [6.07, 6.45) is 2.27. The van der Waals surface area contributed by atoms with E-state index >= 15 is 0 Å². The SMILES string of the molecule is O=C(O)CC1CCC(c2cccc(Br)c2)NC1. The van der Waals surface area contributed by atoms with E-state index in [0.29, 0.717) is 6.04 Å². The van der Waals surface area contributed by atoms with E-state index in [0.717, 1.165) is 23.9 Å². The van der Waals surface area contributed by atoms with E-state index in [2.05, 4.69) is 33.4 Å². The number of carboxylic acids is 1. The average molecular weight is 298 g/mol. The van der Waals surface area contributed by atoms with Gasteiger partial charge in [-0.25, -0.2) is 0 Å². The van der Waals surface area contributed by atoms with Crippen LogP contribution >= 0.6 is 15.9 Å². The molecule has 3 nitrogen and oxygen atoms in total. The van der Waals surface area contributed by atoms with Gasteiger partial charge in [0.15, 0.2) is 0 Å². The molecular weight excluding hydrogens is 282 g/mol. The minimum absolute atomic E-state index is 0.274. The molecule has 1 aromatic carbocycles. The van der Waals surface area contributed by atoms with Crippen LogP contribution in [0.2, 0.25) is 0 Å². The molecule has 1 aliphatic heterocycles. The molecule has 2 rings (SSSR count). The lowest BCUT2D eigenvalue weighted by atomic mass is 9.89. The van der Waals surface area contributed by atoms with Crippen molar-refractivity contribution in [1.82, 2.24) is 5.32 Å². The second-order valence-electron chi connectivity index (χ2n) is 4.56. The first-order chi connectivity index (χ1) is 8.15. The number of benzene rings is 1. The van der Waals surface area contributed by atoms with Gasteiger partial charge in [-0.1, -0.05) is 28.1 Å². The number of halogens is 1. The van der Waals surface area contributed by atoms with Gasteiger partial charge in [0.1, 0.15) is 0 Å².